The summed E-state index contributed by atoms with van der Waals surface area (Å²) in [6, 6.07) is 133. The summed E-state index contributed by atoms with van der Waals surface area (Å²) in [6.07, 6.45) is 5.75. The Balaban J connectivity index is 0.727. The van der Waals surface area contributed by atoms with Crippen LogP contribution in [0, 0.1) is 16.2 Å². The van der Waals surface area contributed by atoms with Crippen LogP contribution in [0.2, 0.25) is 0 Å². The predicted octanol–water partition coefficient (Wildman–Crippen LogP) is 27.9. The van der Waals surface area contributed by atoms with E-state index >= 15 is 0 Å². The lowest BCUT2D eigenvalue weighted by molar-refractivity contribution is -0.149. The van der Waals surface area contributed by atoms with Crippen molar-refractivity contribution < 1.29 is 28.4 Å². The Morgan fingerprint density at radius 1 is 0.258 bits per heavy atom. The lowest BCUT2D eigenvalue weighted by Gasteiger charge is -2.40. The second-order valence-corrected chi connectivity index (χ2v) is 35.1. The summed E-state index contributed by atoms with van der Waals surface area (Å²) in [4.78, 5) is 7.60. The summed E-state index contributed by atoms with van der Waals surface area (Å²) in [5.41, 5.74) is 29.5. The molecule has 21 rings (SSSR count). The van der Waals surface area contributed by atoms with Gasteiger partial charge in [0.2, 0.25) is 0 Å². The summed E-state index contributed by atoms with van der Waals surface area (Å²) in [5.74, 6) is 0. The monoisotopic (exact) mass is 1620 g/mol. The first-order valence-electron chi connectivity index (χ1n) is 44.6. The number of benzene rings is 16. The van der Waals surface area contributed by atoms with Gasteiger partial charge in [-0.3, -0.25) is 0 Å². The maximum Gasteiger partial charge on any atom is 0.0747 e. The molecule has 9 nitrogen and oxygen atoms in total. The minimum absolute atomic E-state index is 0.144. The van der Waals surface area contributed by atoms with E-state index in [2.05, 4.69) is 387 Å². The van der Waals surface area contributed by atoms with E-state index in [1.807, 2.05) is 0 Å². The standard InChI is InChI=1S/C115H103N3O6/c1-4-112(74-122-75-112)71-119-65-62-80-38-42-83(43-39-80)85-46-52-92(53-47-85)116(107-34-16-24-88-21-7-10-28-97(88)107)95-58-60-101-102-61-59-96(117(108-35-17-25-89-22-8-11-29-98(89)108)93-54-48-86(49-55-93)84-44-40-81(41-45-84)63-66-120-72-113(5-2)76-123-77-113)70-106(102)115(105(101)69-95)104-33-14-13-31-100(104)103-32-19-37-110(111(103)115)118(109-36-18-26-90-23-9-12-30-99(90)109)94-56-50-87(51-57-94)91-27-15-20-82(68-91)64-67-121-73-114(6-3)78-124-79-114/h7-61,68-70H,4-6,62-67,71-79H2,1-3H3. The van der Waals surface area contributed by atoms with E-state index in [1.165, 1.54) is 88.7 Å². The molecule has 3 saturated heterocycles. The number of fused-ring (bicyclic) bond motifs is 13. The highest BCUT2D eigenvalue weighted by Gasteiger charge is 2.54. The van der Waals surface area contributed by atoms with Gasteiger partial charge in [0.25, 0.3) is 0 Å². The normalized spacial score (nSPS) is 15.2. The topological polar surface area (TPSA) is 65.1 Å². The Labute approximate surface area is 728 Å². The molecule has 1 spiro atoms. The highest BCUT2D eigenvalue weighted by Crippen LogP contribution is 2.67. The molecule has 0 bridgehead atoms. The molecule has 3 heterocycles. The largest absolute Gasteiger partial charge is 0.380 e. The Morgan fingerprint density at radius 3 is 1.02 bits per heavy atom. The van der Waals surface area contributed by atoms with Crippen LogP contribution < -0.4 is 14.7 Å². The molecule has 16 aromatic carbocycles. The molecule has 5 aliphatic rings. The van der Waals surface area contributed by atoms with E-state index in [9.17, 15) is 0 Å². The summed E-state index contributed by atoms with van der Waals surface area (Å²) in [6.45, 7) is 15.7. The van der Waals surface area contributed by atoms with Crippen molar-refractivity contribution in [2.24, 2.45) is 16.2 Å². The molecule has 124 heavy (non-hydrogen) atoms. The summed E-state index contributed by atoms with van der Waals surface area (Å²) >= 11 is 0. The second-order valence-electron chi connectivity index (χ2n) is 35.1. The van der Waals surface area contributed by atoms with Gasteiger partial charge in [-0.25, -0.2) is 0 Å². The first-order valence-corrected chi connectivity index (χ1v) is 44.6. The molecule has 3 fully saturated rings. The molecule has 0 amide bonds. The molecule has 0 aromatic heterocycles. The van der Waals surface area contributed by atoms with Gasteiger partial charge in [0.15, 0.2) is 0 Å². The van der Waals surface area contributed by atoms with Crippen molar-refractivity contribution in [1.82, 2.24) is 0 Å². The lowest BCUT2D eigenvalue weighted by Crippen LogP contribution is -2.45. The Morgan fingerprint density at radius 2 is 0.589 bits per heavy atom. The van der Waals surface area contributed by atoms with Crippen LogP contribution in [0.5, 0.6) is 0 Å². The van der Waals surface area contributed by atoms with Crippen molar-refractivity contribution in [3.63, 3.8) is 0 Å². The molecule has 0 radical (unpaired) electrons. The van der Waals surface area contributed by atoms with Crippen molar-refractivity contribution in [2.75, 3.05) is 94.0 Å². The predicted molar refractivity (Wildman–Crippen MR) is 510 cm³/mol. The van der Waals surface area contributed by atoms with Gasteiger partial charge in [-0.2, -0.15) is 0 Å². The van der Waals surface area contributed by atoms with Gasteiger partial charge >= 0.3 is 0 Å². The van der Waals surface area contributed by atoms with E-state index in [4.69, 9.17) is 28.4 Å². The Hall–Kier alpha value is -12.5. The first kappa shape index (κ1) is 78.7. The fourth-order valence-electron chi connectivity index (χ4n) is 20.0. The molecular weight excluding hydrogens is 1520 g/mol. The molecule has 2 aliphatic carbocycles. The van der Waals surface area contributed by atoms with E-state index in [-0.39, 0.29) is 16.2 Å². The third-order valence-corrected chi connectivity index (χ3v) is 27.7. The number of rotatable bonds is 30. The van der Waals surface area contributed by atoms with Crippen LogP contribution in [0.25, 0.3) is 88.0 Å². The van der Waals surface area contributed by atoms with Crippen LogP contribution in [-0.2, 0) is 53.1 Å². The maximum absolute atomic E-state index is 6.38. The highest BCUT2D eigenvalue weighted by molar-refractivity contribution is 6.07. The average Bonchev–Trinajstić information content (AvgIpc) is 1.50. The van der Waals surface area contributed by atoms with Crippen LogP contribution in [0.1, 0.15) is 79.0 Å². The lowest BCUT2D eigenvalue weighted by atomic mass is 9.69. The first-order chi connectivity index (χ1) is 61.2. The van der Waals surface area contributed by atoms with Crippen molar-refractivity contribution in [1.29, 1.82) is 0 Å². The Kier molecular flexibility index (Phi) is 21.3. The number of ether oxygens (including phenoxy) is 6. The van der Waals surface area contributed by atoms with Gasteiger partial charge in [0.05, 0.1) is 107 Å². The second kappa shape index (κ2) is 33.6. The van der Waals surface area contributed by atoms with Gasteiger partial charge in [-0.1, -0.05) is 288 Å². The smallest absolute Gasteiger partial charge is 0.0747 e. The summed E-state index contributed by atoms with van der Waals surface area (Å²) in [5, 5.41) is 6.98. The molecule has 0 unspecified atom stereocenters. The molecule has 0 saturated carbocycles. The van der Waals surface area contributed by atoms with Crippen molar-refractivity contribution >= 4 is 83.5 Å². The number of nitrogens with zero attached hydrogens (tertiary/aromatic N) is 3. The van der Waals surface area contributed by atoms with Gasteiger partial charge in [0.1, 0.15) is 0 Å². The summed E-state index contributed by atoms with van der Waals surface area (Å²) < 4.78 is 35.8. The Bertz CT molecular complexity index is 6300. The number of anilines is 9. The van der Waals surface area contributed by atoms with E-state index in [0.29, 0.717) is 19.8 Å². The minimum Gasteiger partial charge on any atom is -0.380 e. The van der Waals surface area contributed by atoms with Gasteiger partial charge < -0.3 is 43.1 Å². The fraction of sp³-hybridized carbons (Fsp3) is 0.217. The number of hydrogen-bond donors (Lipinski definition) is 0. The van der Waals surface area contributed by atoms with Crippen molar-refractivity contribution in [3.05, 3.63) is 391 Å². The highest BCUT2D eigenvalue weighted by atomic mass is 16.5. The molecule has 9 heteroatoms. The molecular formula is C115H103N3O6. The quantitative estimate of drug-likeness (QED) is 0.0410. The van der Waals surface area contributed by atoms with Crippen LogP contribution >= 0.6 is 0 Å². The zero-order valence-corrected chi connectivity index (χ0v) is 71.0. The molecule has 3 aliphatic heterocycles. The average molecular weight is 1620 g/mol. The van der Waals surface area contributed by atoms with Gasteiger partial charge in [0, 0.05) is 66.4 Å². The number of hydrogen-bond acceptors (Lipinski definition) is 9. The van der Waals surface area contributed by atoms with Gasteiger partial charge in [-0.05, 0) is 229 Å². The van der Waals surface area contributed by atoms with Crippen LogP contribution in [0.3, 0.4) is 0 Å². The third-order valence-electron chi connectivity index (χ3n) is 27.7. The SMILES string of the molecule is CCC1(COCCc2ccc(-c3ccc(N(c4ccc5c(c4)C4(c6cc(N(c7ccc(-c8ccc(CCOCC9(CC)COC9)cc8)cc7)c7cccc8ccccc78)ccc6-5)c5ccccc5-c5cccc(N(c6ccc(-c7cccc(CCOCC8(CC)COC8)c7)cc6)c6cccc7ccccc67)c54)c4cccc5ccccc45)cc3)cc2)COC1. The maximum atomic E-state index is 6.38. The van der Waals surface area contributed by atoms with Crippen LogP contribution in [-0.4, -0.2) is 79.3 Å². The van der Waals surface area contributed by atoms with E-state index in [0.717, 1.165) is 187 Å². The van der Waals surface area contributed by atoms with Crippen LogP contribution in [0.15, 0.2) is 352 Å². The van der Waals surface area contributed by atoms with E-state index in [1.54, 1.807) is 0 Å². The summed E-state index contributed by atoms with van der Waals surface area (Å²) in [7, 11) is 0. The van der Waals surface area contributed by atoms with Crippen molar-refractivity contribution in [2.45, 2.75) is 64.7 Å². The fourth-order valence-corrected chi connectivity index (χ4v) is 20.0. The van der Waals surface area contributed by atoms with Crippen LogP contribution in [0.4, 0.5) is 51.2 Å². The zero-order chi connectivity index (χ0) is 83.2. The minimum atomic E-state index is -0.944. The van der Waals surface area contributed by atoms with Gasteiger partial charge in [-0.15, -0.1) is 0 Å². The third kappa shape index (κ3) is 14.5. The molecule has 0 atom stereocenters. The van der Waals surface area contributed by atoms with Crippen molar-refractivity contribution in [3.8, 4) is 55.6 Å². The zero-order valence-electron chi connectivity index (χ0n) is 71.0. The molecule has 0 N–H and O–H groups in total. The molecule has 614 valence electrons. The molecule has 16 aromatic rings. The van der Waals surface area contributed by atoms with E-state index < -0.39 is 5.41 Å².